The smallest absolute Gasteiger partial charge is 0.407 e. The Morgan fingerprint density at radius 3 is 2.67 bits per heavy atom. The second-order valence-electron chi connectivity index (χ2n) is 5.62. The highest BCUT2D eigenvalue weighted by molar-refractivity contribution is 6.30. The summed E-state index contributed by atoms with van der Waals surface area (Å²) < 4.78 is 5.10. The summed E-state index contributed by atoms with van der Waals surface area (Å²) in [6, 6.07) is 2.79. The summed E-state index contributed by atoms with van der Waals surface area (Å²) in [6.45, 7) is 7.36. The van der Waals surface area contributed by atoms with Crippen LogP contribution >= 0.6 is 11.6 Å². The fourth-order valence-electron chi connectivity index (χ4n) is 1.43. The van der Waals surface area contributed by atoms with Crippen molar-refractivity contribution >= 4 is 23.6 Å². The average Bonchev–Trinajstić information content (AvgIpc) is 2.34. The largest absolute Gasteiger partial charge is 0.444 e. The van der Waals surface area contributed by atoms with Crippen LogP contribution < -0.4 is 10.6 Å². The van der Waals surface area contributed by atoms with Crippen molar-refractivity contribution in [1.29, 1.82) is 0 Å². The Bertz CT molecular complexity index is 514. The van der Waals surface area contributed by atoms with Crippen LogP contribution in [-0.4, -0.2) is 35.2 Å². The highest BCUT2D eigenvalue weighted by Gasteiger charge is 2.17. The number of aromatic nitrogens is 1. The molecule has 6 nitrogen and oxygen atoms in total. The minimum absolute atomic E-state index is 0.228. The molecule has 21 heavy (non-hydrogen) atoms. The molecule has 0 fully saturated rings. The molecule has 116 valence electrons. The van der Waals surface area contributed by atoms with Crippen LogP contribution in [0, 0.1) is 0 Å². The van der Waals surface area contributed by atoms with Gasteiger partial charge >= 0.3 is 6.09 Å². The van der Waals surface area contributed by atoms with Gasteiger partial charge in [-0.05, 0) is 39.8 Å². The van der Waals surface area contributed by atoms with E-state index in [1.807, 2.05) is 0 Å². The summed E-state index contributed by atoms with van der Waals surface area (Å²) in [6.07, 6.45) is 0.936. The van der Waals surface area contributed by atoms with Gasteiger partial charge in [0.25, 0.3) is 5.91 Å². The Morgan fingerprint density at radius 1 is 1.43 bits per heavy atom. The highest BCUT2D eigenvalue weighted by atomic mass is 35.5. The number of alkyl carbamates (subject to hydrolysis) is 1. The van der Waals surface area contributed by atoms with Crippen LogP contribution in [0.15, 0.2) is 18.3 Å². The van der Waals surface area contributed by atoms with Crippen LogP contribution in [0.2, 0.25) is 5.02 Å². The van der Waals surface area contributed by atoms with Crippen LogP contribution in [0.5, 0.6) is 0 Å². The molecule has 1 atom stereocenters. The number of hydrogen-bond donors (Lipinski definition) is 2. The van der Waals surface area contributed by atoms with Gasteiger partial charge in [0.05, 0.1) is 0 Å². The number of carbonyl (C=O) groups is 2. The third-order valence-corrected chi connectivity index (χ3v) is 2.52. The molecule has 0 aliphatic heterocycles. The monoisotopic (exact) mass is 313 g/mol. The van der Waals surface area contributed by atoms with E-state index in [9.17, 15) is 9.59 Å². The van der Waals surface area contributed by atoms with Crippen molar-refractivity contribution in [1.82, 2.24) is 15.6 Å². The first kappa shape index (κ1) is 17.2. The number of ether oxygens (including phenoxy) is 1. The minimum atomic E-state index is -0.554. The number of amides is 2. The standard InChI is InChI=1S/C14H20ClN3O3/c1-9(8-17-13(20)21-14(2,3)4)18-12(19)11-7-10(15)5-6-16-11/h5-7,9H,8H2,1-4H3,(H,17,20)(H,18,19). The van der Waals surface area contributed by atoms with Crippen LogP contribution in [0.3, 0.4) is 0 Å². The minimum Gasteiger partial charge on any atom is -0.444 e. The van der Waals surface area contributed by atoms with Crippen molar-refractivity contribution in [2.24, 2.45) is 0 Å². The van der Waals surface area contributed by atoms with Crippen molar-refractivity contribution < 1.29 is 14.3 Å². The lowest BCUT2D eigenvalue weighted by Crippen LogP contribution is -2.43. The Labute approximate surface area is 129 Å². The third kappa shape index (κ3) is 6.94. The summed E-state index contributed by atoms with van der Waals surface area (Å²) in [5.74, 6) is -0.351. The van der Waals surface area contributed by atoms with Crippen LogP contribution in [0.1, 0.15) is 38.2 Å². The van der Waals surface area contributed by atoms with Gasteiger partial charge in [0.1, 0.15) is 11.3 Å². The van der Waals surface area contributed by atoms with E-state index in [0.717, 1.165) is 0 Å². The van der Waals surface area contributed by atoms with Gasteiger partial charge in [-0.1, -0.05) is 11.6 Å². The maximum Gasteiger partial charge on any atom is 0.407 e. The normalized spacial score (nSPS) is 12.4. The molecule has 1 aromatic heterocycles. The molecule has 1 heterocycles. The molecule has 0 bridgehead atoms. The lowest BCUT2D eigenvalue weighted by molar-refractivity contribution is 0.0521. The first-order valence-corrected chi connectivity index (χ1v) is 6.94. The first-order chi connectivity index (χ1) is 9.67. The molecule has 0 saturated carbocycles. The fourth-order valence-corrected chi connectivity index (χ4v) is 1.59. The summed E-state index contributed by atoms with van der Waals surface area (Å²) in [7, 11) is 0. The molecule has 1 rings (SSSR count). The topological polar surface area (TPSA) is 80.3 Å². The van der Waals surface area contributed by atoms with Crippen molar-refractivity contribution in [3.8, 4) is 0 Å². The molecule has 0 aliphatic carbocycles. The van der Waals surface area contributed by atoms with E-state index in [1.165, 1.54) is 12.3 Å². The lowest BCUT2D eigenvalue weighted by atomic mass is 10.2. The van der Waals surface area contributed by atoms with Gasteiger partial charge in [0.2, 0.25) is 0 Å². The zero-order chi connectivity index (χ0) is 16.0. The van der Waals surface area contributed by atoms with E-state index in [-0.39, 0.29) is 24.2 Å². The molecule has 0 spiro atoms. The van der Waals surface area contributed by atoms with E-state index < -0.39 is 11.7 Å². The van der Waals surface area contributed by atoms with Gasteiger partial charge in [-0.3, -0.25) is 9.78 Å². The molecule has 7 heteroatoms. The number of nitrogens with zero attached hydrogens (tertiary/aromatic N) is 1. The van der Waals surface area contributed by atoms with E-state index in [2.05, 4.69) is 15.6 Å². The first-order valence-electron chi connectivity index (χ1n) is 6.56. The molecular weight excluding hydrogens is 294 g/mol. The Morgan fingerprint density at radius 2 is 2.10 bits per heavy atom. The van der Waals surface area contributed by atoms with E-state index in [1.54, 1.807) is 33.8 Å². The van der Waals surface area contributed by atoms with Crippen LogP contribution in [0.4, 0.5) is 4.79 Å². The number of hydrogen-bond acceptors (Lipinski definition) is 4. The zero-order valence-corrected chi connectivity index (χ0v) is 13.3. The molecule has 0 radical (unpaired) electrons. The summed E-state index contributed by atoms with van der Waals surface area (Å²) in [5.41, 5.74) is -0.326. The highest BCUT2D eigenvalue weighted by Crippen LogP contribution is 2.08. The maximum atomic E-state index is 11.9. The van der Waals surface area contributed by atoms with Crippen molar-refractivity contribution in [3.05, 3.63) is 29.0 Å². The molecule has 0 saturated heterocycles. The molecular formula is C14H20ClN3O3. The number of nitrogens with one attached hydrogen (secondary N) is 2. The Hall–Kier alpha value is -1.82. The van der Waals surface area contributed by atoms with Gasteiger partial charge in [-0.15, -0.1) is 0 Å². The summed E-state index contributed by atoms with van der Waals surface area (Å²) in [4.78, 5) is 27.3. The van der Waals surface area contributed by atoms with Gasteiger partial charge in [0, 0.05) is 23.8 Å². The zero-order valence-electron chi connectivity index (χ0n) is 12.6. The third-order valence-electron chi connectivity index (χ3n) is 2.28. The quantitative estimate of drug-likeness (QED) is 0.894. The fraction of sp³-hybridized carbons (Fsp3) is 0.500. The van der Waals surface area contributed by atoms with Crippen molar-refractivity contribution in [2.75, 3.05) is 6.54 Å². The Balaban J connectivity index is 2.42. The second-order valence-corrected chi connectivity index (χ2v) is 6.05. The van der Waals surface area contributed by atoms with Gasteiger partial charge in [-0.2, -0.15) is 0 Å². The molecule has 2 amide bonds. The lowest BCUT2D eigenvalue weighted by Gasteiger charge is -2.21. The van der Waals surface area contributed by atoms with Gasteiger partial charge in [0.15, 0.2) is 0 Å². The number of pyridine rings is 1. The SMILES string of the molecule is CC(CNC(=O)OC(C)(C)C)NC(=O)c1cc(Cl)ccn1. The van der Waals surface area contributed by atoms with E-state index in [4.69, 9.17) is 16.3 Å². The number of rotatable bonds is 4. The number of carbonyl (C=O) groups excluding carboxylic acids is 2. The Kier molecular flexibility index (Phi) is 5.96. The number of halogens is 1. The van der Waals surface area contributed by atoms with Crippen molar-refractivity contribution in [2.45, 2.75) is 39.3 Å². The molecule has 0 aromatic carbocycles. The van der Waals surface area contributed by atoms with Gasteiger partial charge in [-0.25, -0.2) is 4.79 Å². The van der Waals surface area contributed by atoms with E-state index >= 15 is 0 Å². The molecule has 0 aliphatic rings. The van der Waals surface area contributed by atoms with Crippen LogP contribution in [-0.2, 0) is 4.74 Å². The predicted molar refractivity (Wildman–Crippen MR) is 80.4 cm³/mol. The maximum absolute atomic E-state index is 11.9. The summed E-state index contributed by atoms with van der Waals surface area (Å²) in [5, 5.41) is 5.74. The molecule has 2 N–H and O–H groups in total. The second kappa shape index (κ2) is 7.26. The van der Waals surface area contributed by atoms with Crippen LogP contribution in [0.25, 0.3) is 0 Å². The summed E-state index contributed by atoms with van der Waals surface area (Å²) >= 11 is 5.80. The van der Waals surface area contributed by atoms with E-state index in [0.29, 0.717) is 5.02 Å². The molecule has 1 aromatic rings. The van der Waals surface area contributed by atoms with Crippen molar-refractivity contribution in [3.63, 3.8) is 0 Å². The average molecular weight is 314 g/mol. The molecule has 1 unspecified atom stereocenters. The van der Waals surface area contributed by atoms with Gasteiger partial charge < -0.3 is 15.4 Å². The predicted octanol–water partition coefficient (Wildman–Crippen LogP) is 2.38.